The number of rotatable bonds is 5. The highest BCUT2D eigenvalue weighted by Crippen LogP contribution is 2.21. The zero-order valence-electron chi connectivity index (χ0n) is 11.1. The van der Waals surface area contributed by atoms with Gasteiger partial charge in [0.05, 0.1) is 5.41 Å². The first kappa shape index (κ1) is 16.5. The topological polar surface area (TPSA) is 66.4 Å². The number of carbonyl (C=O) groups excluding carboxylic acids is 1. The number of halogens is 2. The maximum absolute atomic E-state index is 11.6. The van der Waals surface area contributed by atoms with Gasteiger partial charge in [0.1, 0.15) is 0 Å². The van der Waals surface area contributed by atoms with E-state index in [9.17, 15) is 9.59 Å². The van der Waals surface area contributed by atoms with Crippen LogP contribution in [0.15, 0.2) is 24.3 Å². The Morgan fingerprint density at radius 3 is 2.60 bits per heavy atom. The highest BCUT2D eigenvalue weighted by atomic mass is 35.5. The molecule has 0 unspecified atom stereocenters. The number of nitrogens with one attached hydrogen (secondary N) is 1. The molecule has 0 heterocycles. The van der Waals surface area contributed by atoms with E-state index < -0.39 is 17.3 Å². The predicted octanol–water partition coefficient (Wildman–Crippen LogP) is 3.23. The molecule has 0 aliphatic rings. The van der Waals surface area contributed by atoms with Crippen molar-refractivity contribution in [3.05, 3.63) is 39.9 Å². The van der Waals surface area contributed by atoms with Gasteiger partial charge in [-0.1, -0.05) is 23.2 Å². The summed E-state index contributed by atoms with van der Waals surface area (Å²) in [6, 6.07) is 4.92. The highest BCUT2D eigenvalue weighted by molar-refractivity contribution is 6.34. The lowest BCUT2D eigenvalue weighted by Gasteiger charge is -2.18. The van der Waals surface area contributed by atoms with Crippen LogP contribution in [0.3, 0.4) is 0 Å². The van der Waals surface area contributed by atoms with Crippen LogP contribution >= 0.6 is 23.2 Å². The van der Waals surface area contributed by atoms with Crippen LogP contribution in [-0.2, 0) is 9.59 Å². The molecule has 0 aliphatic carbocycles. The Hall–Kier alpha value is -1.52. The van der Waals surface area contributed by atoms with Crippen molar-refractivity contribution in [2.24, 2.45) is 5.41 Å². The van der Waals surface area contributed by atoms with Gasteiger partial charge in [-0.15, -0.1) is 0 Å². The van der Waals surface area contributed by atoms with Crippen LogP contribution in [0, 0.1) is 5.41 Å². The Morgan fingerprint density at radius 2 is 2.00 bits per heavy atom. The number of carbonyl (C=O) groups is 2. The van der Waals surface area contributed by atoms with Crippen LogP contribution in [0.5, 0.6) is 0 Å². The Kier molecular flexibility index (Phi) is 5.60. The summed E-state index contributed by atoms with van der Waals surface area (Å²) in [6.07, 6.45) is 2.81. The quantitative estimate of drug-likeness (QED) is 0.820. The molecule has 0 bridgehead atoms. The molecule has 2 N–H and O–H groups in total. The summed E-state index contributed by atoms with van der Waals surface area (Å²) >= 11 is 11.8. The molecular weight excluding hydrogens is 301 g/mol. The fourth-order valence-corrected chi connectivity index (χ4v) is 1.61. The SMILES string of the molecule is CC(C)(CNC(=O)/C=C/c1cc(Cl)ccc1Cl)C(=O)O. The summed E-state index contributed by atoms with van der Waals surface area (Å²) in [5, 5.41) is 12.4. The lowest BCUT2D eigenvalue weighted by atomic mass is 9.94. The summed E-state index contributed by atoms with van der Waals surface area (Å²) in [6.45, 7) is 3.11. The minimum Gasteiger partial charge on any atom is -0.481 e. The van der Waals surface area contributed by atoms with E-state index in [0.717, 1.165) is 0 Å². The standard InChI is InChI=1S/C14H15Cl2NO3/c1-14(2,13(19)20)8-17-12(18)6-3-9-7-10(15)4-5-11(9)16/h3-7H,8H2,1-2H3,(H,17,18)(H,19,20)/b6-3+. The lowest BCUT2D eigenvalue weighted by molar-refractivity contribution is -0.146. The first-order valence-corrected chi connectivity index (χ1v) is 6.62. The second-order valence-corrected chi connectivity index (χ2v) is 5.75. The Morgan fingerprint density at radius 1 is 1.35 bits per heavy atom. The van der Waals surface area contributed by atoms with Crippen LogP contribution in [0.1, 0.15) is 19.4 Å². The average molecular weight is 316 g/mol. The molecular formula is C14H15Cl2NO3. The Bertz CT molecular complexity index is 553. The van der Waals surface area contributed by atoms with Gasteiger partial charge in [0.25, 0.3) is 0 Å². The van der Waals surface area contributed by atoms with Gasteiger partial charge in [0, 0.05) is 22.7 Å². The predicted molar refractivity (Wildman–Crippen MR) is 79.9 cm³/mol. The number of hydrogen-bond acceptors (Lipinski definition) is 2. The molecule has 1 aromatic carbocycles. The molecule has 4 nitrogen and oxygen atoms in total. The fraction of sp³-hybridized carbons (Fsp3) is 0.286. The van der Waals surface area contributed by atoms with E-state index >= 15 is 0 Å². The third-order valence-corrected chi connectivity index (χ3v) is 3.24. The maximum atomic E-state index is 11.6. The second kappa shape index (κ2) is 6.77. The van der Waals surface area contributed by atoms with E-state index in [4.69, 9.17) is 28.3 Å². The molecule has 0 atom stereocenters. The maximum Gasteiger partial charge on any atom is 0.310 e. The highest BCUT2D eigenvalue weighted by Gasteiger charge is 2.27. The van der Waals surface area contributed by atoms with Crippen molar-refractivity contribution < 1.29 is 14.7 Å². The number of carboxylic acid groups (broad SMARTS) is 1. The first-order chi connectivity index (χ1) is 9.22. The van der Waals surface area contributed by atoms with Crippen LogP contribution in [0.2, 0.25) is 10.0 Å². The number of amides is 1. The van der Waals surface area contributed by atoms with Crippen molar-refractivity contribution in [3.63, 3.8) is 0 Å². The van der Waals surface area contributed by atoms with Crippen LogP contribution in [0.4, 0.5) is 0 Å². The summed E-state index contributed by atoms with van der Waals surface area (Å²) in [5.41, 5.74) is -0.399. The van der Waals surface area contributed by atoms with Crippen molar-refractivity contribution in [1.29, 1.82) is 0 Å². The van der Waals surface area contributed by atoms with Crippen LogP contribution < -0.4 is 5.32 Å². The minimum absolute atomic E-state index is 0.0365. The largest absolute Gasteiger partial charge is 0.481 e. The third kappa shape index (κ3) is 4.87. The molecule has 0 aliphatic heterocycles. The van der Waals surface area contributed by atoms with Gasteiger partial charge >= 0.3 is 5.97 Å². The number of benzene rings is 1. The minimum atomic E-state index is -1.02. The van der Waals surface area contributed by atoms with Crippen LogP contribution in [-0.4, -0.2) is 23.5 Å². The van der Waals surface area contributed by atoms with Gasteiger partial charge in [-0.2, -0.15) is 0 Å². The third-order valence-electron chi connectivity index (χ3n) is 2.66. The Balaban J connectivity index is 2.65. The summed E-state index contributed by atoms with van der Waals surface area (Å²) in [5.74, 6) is -1.37. The van der Waals surface area contributed by atoms with E-state index in [1.54, 1.807) is 18.2 Å². The molecule has 6 heteroatoms. The van der Waals surface area contributed by atoms with Gasteiger partial charge in [-0.05, 0) is 43.7 Å². The molecule has 0 radical (unpaired) electrons. The lowest BCUT2D eigenvalue weighted by Crippen LogP contribution is -2.38. The van der Waals surface area contributed by atoms with E-state index in [1.807, 2.05) is 0 Å². The molecule has 0 saturated heterocycles. The molecule has 1 rings (SSSR count). The van der Waals surface area contributed by atoms with E-state index in [2.05, 4.69) is 5.32 Å². The van der Waals surface area contributed by atoms with Crippen molar-refractivity contribution in [2.45, 2.75) is 13.8 Å². The first-order valence-electron chi connectivity index (χ1n) is 5.87. The van der Waals surface area contributed by atoms with Crippen LogP contribution in [0.25, 0.3) is 6.08 Å². The van der Waals surface area contributed by atoms with Gasteiger partial charge in [-0.3, -0.25) is 9.59 Å². The van der Waals surface area contributed by atoms with Crippen molar-refractivity contribution in [3.8, 4) is 0 Å². The fourth-order valence-electron chi connectivity index (χ4n) is 1.25. The van der Waals surface area contributed by atoms with Gasteiger partial charge < -0.3 is 10.4 Å². The normalized spacial score (nSPS) is 11.6. The molecule has 1 amide bonds. The van der Waals surface area contributed by atoms with Gasteiger partial charge in [0.15, 0.2) is 0 Å². The average Bonchev–Trinajstić information content (AvgIpc) is 2.37. The monoisotopic (exact) mass is 315 g/mol. The van der Waals surface area contributed by atoms with Gasteiger partial charge in [-0.25, -0.2) is 0 Å². The molecule has 0 fully saturated rings. The van der Waals surface area contributed by atoms with E-state index in [1.165, 1.54) is 26.0 Å². The molecule has 0 spiro atoms. The van der Waals surface area contributed by atoms with E-state index in [0.29, 0.717) is 15.6 Å². The zero-order chi connectivity index (χ0) is 15.3. The number of aliphatic carboxylic acids is 1. The second-order valence-electron chi connectivity index (χ2n) is 4.91. The summed E-state index contributed by atoms with van der Waals surface area (Å²) in [7, 11) is 0. The zero-order valence-corrected chi connectivity index (χ0v) is 12.6. The molecule has 20 heavy (non-hydrogen) atoms. The number of carboxylic acids is 1. The molecule has 108 valence electrons. The summed E-state index contributed by atoms with van der Waals surface area (Å²) in [4.78, 5) is 22.5. The van der Waals surface area contributed by atoms with Crippen molar-refractivity contribution in [1.82, 2.24) is 5.32 Å². The van der Waals surface area contributed by atoms with E-state index in [-0.39, 0.29) is 6.54 Å². The summed E-state index contributed by atoms with van der Waals surface area (Å²) < 4.78 is 0. The van der Waals surface area contributed by atoms with Crippen molar-refractivity contribution >= 4 is 41.2 Å². The Labute approximate surface area is 127 Å². The number of hydrogen-bond donors (Lipinski definition) is 2. The van der Waals surface area contributed by atoms with Gasteiger partial charge in [0.2, 0.25) is 5.91 Å². The molecule has 1 aromatic rings. The molecule has 0 saturated carbocycles. The smallest absolute Gasteiger partial charge is 0.310 e. The molecule has 0 aromatic heterocycles. The van der Waals surface area contributed by atoms with Crippen molar-refractivity contribution in [2.75, 3.05) is 6.54 Å².